The van der Waals surface area contributed by atoms with Gasteiger partial charge in [0.25, 0.3) is 0 Å². The summed E-state index contributed by atoms with van der Waals surface area (Å²) in [5, 5.41) is 0. The zero-order valence-corrected chi connectivity index (χ0v) is 25.7. The van der Waals surface area contributed by atoms with E-state index in [-0.39, 0.29) is 0 Å². The second-order valence-electron chi connectivity index (χ2n) is 12.0. The maximum Gasteiger partial charge on any atom is 0.0786 e. The molecule has 0 amide bonds. The number of hydrogen-bond donors (Lipinski definition) is 0. The third kappa shape index (κ3) is 24.1. The van der Waals surface area contributed by atoms with E-state index in [1.165, 1.54) is 198 Å². The Kier molecular flexibility index (Phi) is 28.5. The summed E-state index contributed by atoms with van der Waals surface area (Å²) in [4.78, 5) is 0. The molecule has 0 aromatic rings. The van der Waals surface area contributed by atoms with Gasteiger partial charge in [0.1, 0.15) is 0 Å². The van der Waals surface area contributed by atoms with Crippen LogP contribution >= 0.6 is 0 Å². The Morgan fingerprint density at radius 2 is 0.400 bits per heavy atom. The fourth-order valence-electron chi connectivity index (χ4n) is 5.93. The van der Waals surface area contributed by atoms with Crippen molar-refractivity contribution in [2.45, 2.75) is 195 Å². The summed E-state index contributed by atoms with van der Waals surface area (Å²) in [7, 11) is 0. The molecule has 212 valence electrons. The van der Waals surface area contributed by atoms with Gasteiger partial charge in [-0.25, -0.2) is 0 Å². The molecule has 0 aliphatic carbocycles. The van der Waals surface area contributed by atoms with Crippen LogP contribution in [-0.2, 0) is 0 Å². The molecule has 0 fully saturated rings. The number of quaternary nitrogens is 1. The van der Waals surface area contributed by atoms with E-state index in [4.69, 9.17) is 0 Å². The van der Waals surface area contributed by atoms with E-state index >= 15 is 0 Å². The fourth-order valence-corrected chi connectivity index (χ4v) is 5.93. The molecule has 1 heteroatoms. The molecule has 0 spiro atoms. The summed E-state index contributed by atoms with van der Waals surface area (Å²) in [6, 6.07) is 0. The molecular weight excluding hydrogens is 422 g/mol. The minimum absolute atomic E-state index is 1.36. The number of nitrogens with zero attached hydrogens (tertiary/aromatic N) is 1. The van der Waals surface area contributed by atoms with Crippen molar-refractivity contribution in [3.8, 4) is 0 Å². The Bertz CT molecular complexity index is 350. The van der Waals surface area contributed by atoms with E-state index in [1.807, 2.05) is 0 Å². The molecule has 35 heavy (non-hydrogen) atoms. The van der Waals surface area contributed by atoms with Crippen LogP contribution in [0.5, 0.6) is 0 Å². The van der Waals surface area contributed by atoms with E-state index in [0.29, 0.717) is 0 Å². The van der Waals surface area contributed by atoms with E-state index in [9.17, 15) is 0 Å². The largest absolute Gasteiger partial charge is 0.324 e. The van der Waals surface area contributed by atoms with Gasteiger partial charge in [0.05, 0.1) is 26.2 Å². The zero-order valence-electron chi connectivity index (χ0n) is 25.7. The molecule has 0 N–H and O–H groups in total. The van der Waals surface area contributed by atoms with Crippen molar-refractivity contribution in [3.63, 3.8) is 0 Å². The molecule has 0 saturated carbocycles. The Hall–Kier alpha value is -0.0400. The summed E-state index contributed by atoms with van der Waals surface area (Å²) in [6.07, 6.45) is 37.8. The quantitative estimate of drug-likeness (QED) is 0.0687. The average molecular weight is 495 g/mol. The van der Waals surface area contributed by atoms with Gasteiger partial charge in [-0.1, -0.05) is 143 Å². The molecule has 0 rings (SSSR count). The highest BCUT2D eigenvalue weighted by Crippen LogP contribution is 2.19. The third-order valence-corrected chi connectivity index (χ3v) is 8.44. The van der Waals surface area contributed by atoms with Gasteiger partial charge in [-0.2, -0.15) is 0 Å². The third-order valence-electron chi connectivity index (χ3n) is 8.44. The average Bonchev–Trinajstić information content (AvgIpc) is 2.86. The summed E-state index contributed by atoms with van der Waals surface area (Å²) < 4.78 is 1.46. The van der Waals surface area contributed by atoms with Gasteiger partial charge in [-0.15, -0.1) is 0 Å². The highest BCUT2D eigenvalue weighted by Gasteiger charge is 2.25. The van der Waals surface area contributed by atoms with E-state index < -0.39 is 0 Å². The van der Waals surface area contributed by atoms with Crippen LogP contribution in [0.2, 0.25) is 0 Å². The molecular formula is C34H72N+. The van der Waals surface area contributed by atoms with Crippen LogP contribution in [0.15, 0.2) is 0 Å². The maximum atomic E-state index is 2.36. The van der Waals surface area contributed by atoms with Crippen molar-refractivity contribution >= 4 is 0 Å². The Balaban J connectivity index is 3.89. The Morgan fingerprint density at radius 3 is 0.657 bits per heavy atom. The Labute approximate surface area is 225 Å². The van der Waals surface area contributed by atoms with Gasteiger partial charge >= 0.3 is 0 Å². The highest BCUT2D eigenvalue weighted by molar-refractivity contribution is 4.54. The van der Waals surface area contributed by atoms with Gasteiger partial charge in [-0.05, 0) is 51.4 Å². The summed E-state index contributed by atoms with van der Waals surface area (Å²) in [5.41, 5.74) is 0. The maximum absolute atomic E-state index is 2.36. The first-order chi connectivity index (χ1) is 17.2. The summed E-state index contributed by atoms with van der Waals surface area (Å²) >= 11 is 0. The van der Waals surface area contributed by atoms with Gasteiger partial charge in [0.15, 0.2) is 0 Å². The predicted molar refractivity (Wildman–Crippen MR) is 162 cm³/mol. The van der Waals surface area contributed by atoms with Gasteiger partial charge in [0.2, 0.25) is 0 Å². The van der Waals surface area contributed by atoms with Crippen LogP contribution in [0.25, 0.3) is 0 Å². The molecule has 0 aromatic heterocycles. The normalized spacial score (nSPS) is 12.0. The lowest BCUT2D eigenvalue weighted by Gasteiger charge is -2.39. The van der Waals surface area contributed by atoms with Crippen molar-refractivity contribution in [3.05, 3.63) is 0 Å². The molecule has 0 aliphatic heterocycles. The van der Waals surface area contributed by atoms with Crippen molar-refractivity contribution in [1.82, 2.24) is 0 Å². The second-order valence-corrected chi connectivity index (χ2v) is 12.0. The standard InChI is InChI=1S/C34H72N/c1-5-9-13-14-15-16-17-18-19-20-21-22-23-24-25-26-30-34-35(31-27-10-6-2,32-28-11-7-3)33-29-12-8-4/h5-34H2,1-4H3/q+1. The minimum atomic E-state index is 1.36. The van der Waals surface area contributed by atoms with Crippen LogP contribution in [0.1, 0.15) is 195 Å². The lowest BCUT2D eigenvalue weighted by atomic mass is 10.0. The van der Waals surface area contributed by atoms with Crippen LogP contribution < -0.4 is 0 Å². The first kappa shape index (κ1) is 35.0. The minimum Gasteiger partial charge on any atom is -0.324 e. The molecule has 0 heterocycles. The number of rotatable bonds is 30. The molecule has 0 bridgehead atoms. The molecule has 0 radical (unpaired) electrons. The monoisotopic (exact) mass is 495 g/mol. The Morgan fingerprint density at radius 1 is 0.229 bits per heavy atom. The van der Waals surface area contributed by atoms with Crippen LogP contribution in [-0.4, -0.2) is 30.7 Å². The zero-order chi connectivity index (χ0) is 25.7. The van der Waals surface area contributed by atoms with Gasteiger partial charge in [0, 0.05) is 0 Å². The van der Waals surface area contributed by atoms with Crippen LogP contribution in [0.3, 0.4) is 0 Å². The first-order valence-corrected chi connectivity index (χ1v) is 17.1. The number of hydrogen-bond acceptors (Lipinski definition) is 0. The summed E-state index contributed by atoms with van der Waals surface area (Å²) in [6.45, 7) is 15.2. The lowest BCUT2D eigenvalue weighted by Crippen LogP contribution is -2.50. The SMILES string of the molecule is CCCCCCCCCCCCCCCCCCC[N+](CCCCC)(CCCCC)CCCCC. The van der Waals surface area contributed by atoms with E-state index in [1.54, 1.807) is 0 Å². The van der Waals surface area contributed by atoms with E-state index in [0.717, 1.165) is 0 Å². The smallest absolute Gasteiger partial charge is 0.0786 e. The molecule has 0 aliphatic rings. The van der Waals surface area contributed by atoms with Crippen LogP contribution in [0, 0.1) is 0 Å². The van der Waals surface area contributed by atoms with Gasteiger partial charge < -0.3 is 4.48 Å². The number of unbranched alkanes of at least 4 members (excludes halogenated alkanes) is 22. The van der Waals surface area contributed by atoms with Crippen molar-refractivity contribution in [1.29, 1.82) is 0 Å². The highest BCUT2D eigenvalue weighted by atomic mass is 15.3. The topological polar surface area (TPSA) is 0 Å². The molecule has 1 nitrogen and oxygen atoms in total. The van der Waals surface area contributed by atoms with E-state index in [2.05, 4.69) is 27.7 Å². The lowest BCUT2D eigenvalue weighted by molar-refractivity contribution is -0.929. The molecule has 0 aromatic carbocycles. The fraction of sp³-hybridized carbons (Fsp3) is 1.00. The first-order valence-electron chi connectivity index (χ1n) is 17.1. The van der Waals surface area contributed by atoms with Crippen molar-refractivity contribution < 1.29 is 4.48 Å². The van der Waals surface area contributed by atoms with Crippen LogP contribution in [0.4, 0.5) is 0 Å². The van der Waals surface area contributed by atoms with Crippen molar-refractivity contribution in [2.24, 2.45) is 0 Å². The molecule has 0 atom stereocenters. The van der Waals surface area contributed by atoms with Crippen molar-refractivity contribution in [2.75, 3.05) is 26.2 Å². The van der Waals surface area contributed by atoms with Gasteiger partial charge in [-0.3, -0.25) is 0 Å². The predicted octanol–water partition coefficient (Wildman–Crippen LogP) is 12.0. The summed E-state index contributed by atoms with van der Waals surface area (Å²) in [5.74, 6) is 0. The second kappa shape index (κ2) is 28.5. The molecule has 0 unspecified atom stereocenters. The molecule has 0 saturated heterocycles.